The van der Waals surface area contributed by atoms with Crippen molar-refractivity contribution in [1.29, 1.82) is 0 Å². The second-order valence-corrected chi connectivity index (χ2v) is 7.22. The van der Waals surface area contributed by atoms with E-state index in [0.29, 0.717) is 16.8 Å². The minimum atomic E-state index is -0.0357. The molecule has 4 N–H and O–H groups in total. The number of carbonyl (C=O) groups is 1. The van der Waals surface area contributed by atoms with E-state index >= 15 is 0 Å². The minimum absolute atomic E-state index is 0.0357. The molecule has 1 aromatic heterocycles. The van der Waals surface area contributed by atoms with Crippen LogP contribution in [-0.4, -0.2) is 21.6 Å². The van der Waals surface area contributed by atoms with Crippen LogP contribution in [-0.2, 0) is 17.6 Å². The number of para-hydroxylation sites is 2. The number of benzene rings is 2. The van der Waals surface area contributed by atoms with Gasteiger partial charge in [0.2, 0.25) is 5.91 Å². The molecule has 0 fully saturated rings. The topological polar surface area (TPSA) is 98.1 Å². The highest BCUT2D eigenvalue weighted by molar-refractivity contribution is 7.99. The fourth-order valence-corrected chi connectivity index (χ4v) is 3.99. The molecule has 1 aliphatic rings. The number of hydrogen-bond donors (Lipinski definition) is 2. The van der Waals surface area contributed by atoms with E-state index in [1.165, 1.54) is 17.8 Å². The van der Waals surface area contributed by atoms with Gasteiger partial charge in [-0.3, -0.25) is 9.69 Å². The molecule has 0 radical (unpaired) electrons. The van der Waals surface area contributed by atoms with Crippen molar-refractivity contribution < 1.29 is 4.79 Å². The summed E-state index contributed by atoms with van der Waals surface area (Å²) in [5.41, 5.74) is 15.6. The number of fused-ring (bicyclic) bond motifs is 2. The third-order valence-corrected chi connectivity index (χ3v) is 5.28. The molecule has 2 heterocycles. The standard InChI is InChI=1S/C20H19N5OS/c21-17-11-18(22)24-20(23-17)27-12-19(26)25-15-7-3-1-5-13(15)9-10-14-6-2-4-8-16(14)25/h1-8,11H,9-10,12H2,(H4,21,22,23,24). The van der Waals surface area contributed by atoms with Gasteiger partial charge in [0.1, 0.15) is 11.6 Å². The Morgan fingerprint density at radius 3 is 2.00 bits per heavy atom. The maximum Gasteiger partial charge on any atom is 0.242 e. The Morgan fingerprint density at radius 1 is 0.926 bits per heavy atom. The van der Waals surface area contributed by atoms with Gasteiger partial charge in [0.05, 0.1) is 17.1 Å². The van der Waals surface area contributed by atoms with Gasteiger partial charge < -0.3 is 11.5 Å². The van der Waals surface area contributed by atoms with Crippen LogP contribution >= 0.6 is 11.8 Å². The molecule has 4 rings (SSSR count). The summed E-state index contributed by atoms with van der Waals surface area (Å²) in [5, 5.41) is 0.400. The van der Waals surface area contributed by atoms with E-state index in [-0.39, 0.29) is 11.7 Å². The molecule has 0 bridgehead atoms. The summed E-state index contributed by atoms with van der Waals surface area (Å²) in [4.78, 5) is 23.3. The predicted molar refractivity (Wildman–Crippen MR) is 109 cm³/mol. The van der Waals surface area contributed by atoms with Crippen molar-refractivity contribution in [2.75, 3.05) is 22.1 Å². The van der Waals surface area contributed by atoms with Crippen LogP contribution in [0, 0.1) is 0 Å². The largest absolute Gasteiger partial charge is 0.383 e. The van der Waals surface area contributed by atoms with Crippen LogP contribution in [0.15, 0.2) is 59.8 Å². The fraction of sp³-hybridized carbons (Fsp3) is 0.150. The Bertz CT molecular complexity index is 939. The highest BCUT2D eigenvalue weighted by atomic mass is 32.2. The molecule has 1 amide bonds. The zero-order valence-corrected chi connectivity index (χ0v) is 15.4. The first-order valence-electron chi connectivity index (χ1n) is 8.63. The third kappa shape index (κ3) is 3.59. The average Bonchev–Trinajstić information content (AvgIpc) is 2.82. The maximum absolute atomic E-state index is 13.2. The van der Waals surface area contributed by atoms with Gasteiger partial charge in [0, 0.05) is 6.07 Å². The Morgan fingerprint density at radius 2 is 1.44 bits per heavy atom. The minimum Gasteiger partial charge on any atom is -0.383 e. The first kappa shape index (κ1) is 17.4. The van der Waals surface area contributed by atoms with Crippen molar-refractivity contribution in [3.05, 3.63) is 65.7 Å². The smallest absolute Gasteiger partial charge is 0.242 e. The van der Waals surface area contributed by atoms with Crippen molar-refractivity contribution in [3.63, 3.8) is 0 Å². The molecule has 7 heteroatoms. The number of amides is 1. The number of nitrogens with two attached hydrogens (primary N) is 2. The van der Waals surface area contributed by atoms with E-state index in [1.54, 1.807) is 4.90 Å². The Balaban J connectivity index is 1.66. The van der Waals surface area contributed by atoms with Gasteiger partial charge in [-0.2, -0.15) is 0 Å². The molecular formula is C20H19N5OS. The van der Waals surface area contributed by atoms with E-state index in [0.717, 1.165) is 35.3 Å². The van der Waals surface area contributed by atoms with Gasteiger partial charge in [-0.25, -0.2) is 9.97 Å². The second-order valence-electron chi connectivity index (χ2n) is 6.28. The van der Waals surface area contributed by atoms with Crippen LogP contribution in [0.3, 0.4) is 0 Å². The van der Waals surface area contributed by atoms with Crippen LogP contribution in [0.1, 0.15) is 11.1 Å². The first-order chi connectivity index (χ1) is 13.1. The molecule has 27 heavy (non-hydrogen) atoms. The summed E-state index contributed by atoms with van der Waals surface area (Å²) in [6.45, 7) is 0. The predicted octanol–water partition coefficient (Wildman–Crippen LogP) is 3.20. The normalized spacial score (nSPS) is 12.8. The fourth-order valence-electron chi connectivity index (χ4n) is 3.27. The molecule has 0 aliphatic carbocycles. The average molecular weight is 377 g/mol. The van der Waals surface area contributed by atoms with Gasteiger partial charge >= 0.3 is 0 Å². The van der Waals surface area contributed by atoms with Crippen LogP contribution < -0.4 is 16.4 Å². The SMILES string of the molecule is Nc1cc(N)nc(SCC(=O)N2c3ccccc3CCc3ccccc32)n1. The number of nitrogen functional groups attached to an aromatic ring is 2. The maximum atomic E-state index is 13.2. The summed E-state index contributed by atoms with van der Waals surface area (Å²) >= 11 is 1.23. The second kappa shape index (κ2) is 7.28. The van der Waals surface area contributed by atoms with E-state index < -0.39 is 0 Å². The molecular weight excluding hydrogens is 358 g/mol. The van der Waals surface area contributed by atoms with Crippen LogP contribution in [0.2, 0.25) is 0 Å². The quantitative estimate of drug-likeness (QED) is 0.537. The molecule has 136 valence electrons. The van der Waals surface area contributed by atoms with Crippen LogP contribution in [0.25, 0.3) is 0 Å². The first-order valence-corrected chi connectivity index (χ1v) is 9.62. The number of carbonyl (C=O) groups excluding carboxylic acids is 1. The molecule has 1 aliphatic heterocycles. The van der Waals surface area contributed by atoms with Crippen molar-refractivity contribution in [3.8, 4) is 0 Å². The molecule has 0 unspecified atom stereocenters. The molecule has 0 atom stereocenters. The lowest BCUT2D eigenvalue weighted by molar-refractivity contribution is -0.115. The van der Waals surface area contributed by atoms with Gasteiger partial charge in [0.25, 0.3) is 0 Å². The van der Waals surface area contributed by atoms with Gasteiger partial charge in [-0.15, -0.1) is 0 Å². The summed E-state index contributed by atoms with van der Waals surface area (Å²) in [6.07, 6.45) is 1.80. The number of aryl methyl sites for hydroxylation is 2. The number of nitrogens with zero attached hydrogens (tertiary/aromatic N) is 3. The van der Waals surface area contributed by atoms with E-state index in [4.69, 9.17) is 11.5 Å². The molecule has 2 aromatic carbocycles. The molecule has 0 saturated carbocycles. The number of aromatic nitrogens is 2. The van der Waals surface area contributed by atoms with E-state index in [1.807, 2.05) is 36.4 Å². The zero-order valence-electron chi connectivity index (χ0n) is 14.6. The van der Waals surface area contributed by atoms with E-state index in [2.05, 4.69) is 22.1 Å². The van der Waals surface area contributed by atoms with Crippen molar-refractivity contribution in [2.45, 2.75) is 18.0 Å². The zero-order chi connectivity index (χ0) is 18.8. The highest BCUT2D eigenvalue weighted by Gasteiger charge is 2.25. The van der Waals surface area contributed by atoms with Gasteiger partial charge in [-0.05, 0) is 36.1 Å². The monoisotopic (exact) mass is 377 g/mol. The number of rotatable bonds is 3. The van der Waals surface area contributed by atoms with Gasteiger partial charge in [-0.1, -0.05) is 48.2 Å². The number of thioether (sulfide) groups is 1. The molecule has 3 aromatic rings. The molecule has 0 spiro atoms. The number of hydrogen-bond acceptors (Lipinski definition) is 6. The van der Waals surface area contributed by atoms with Gasteiger partial charge in [0.15, 0.2) is 5.16 Å². The highest BCUT2D eigenvalue weighted by Crippen LogP contribution is 2.36. The summed E-state index contributed by atoms with van der Waals surface area (Å²) in [6, 6.07) is 17.6. The summed E-state index contributed by atoms with van der Waals surface area (Å²) < 4.78 is 0. The molecule has 0 saturated heterocycles. The lowest BCUT2D eigenvalue weighted by Gasteiger charge is -2.24. The molecule has 6 nitrogen and oxygen atoms in total. The summed E-state index contributed by atoms with van der Waals surface area (Å²) in [7, 11) is 0. The lowest BCUT2D eigenvalue weighted by Crippen LogP contribution is -2.28. The van der Waals surface area contributed by atoms with Crippen LogP contribution in [0.5, 0.6) is 0 Å². The van der Waals surface area contributed by atoms with Crippen LogP contribution in [0.4, 0.5) is 23.0 Å². The Hall–Kier alpha value is -3.06. The Labute approximate surface area is 161 Å². The number of anilines is 4. The lowest BCUT2D eigenvalue weighted by atomic mass is 10.0. The van der Waals surface area contributed by atoms with Crippen molar-refractivity contribution in [1.82, 2.24) is 9.97 Å². The third-order valence-electron chi connectivity index (χ3n) is 4.45. The Kier molecular flexibility index (Phi) is 4.68. The summed E-state index contributed by atoms with van der Waals surface area (Å²) in [5.74, 6) is 0.739. The van der Waals surface area contributed by atoms with Crippen molar-refractivity contribution >= 4 is 40.7 Å². The van der Waals surface area contributed by atoms with Crippen molar-refractivity contribution in [2.24, 2.45) is 0 Å². The van der Waals surface area contributed by atoms with E-state index in [9.17, 15) is 4.79 Å².